The van der Waals surface area contributed by atoms with Crippen LogP contribution in [0.25, 0.3) is 0 Å². The molecule has 36 heavy (non-hydrogen) atoms. The fourth-order valence-electron chi connectivity index (χ4n) is 3.76. The fourth-order valence-corrected chi connectivity index (χ4v) is 3.76. The summed E-state index contributed by atoms with van der Waals surface area (Å²) < 4.78 is 7.74. The third-order valence-corrected chi connectivity index (χ3v) is 6.15. The molecule has 0 spiro atoms. The van der Waals surface area contributed by atoms with Crippen molar-refractivity contribution in [3.63, 3.8) is 0 Å². The molecular weight excluding hydrogens is 452 g/mol. The molecule has 0 N–H and O–H groups in total. The van der Waals surface area contributed by atoms with Gasteiger partial charge in [0.1, 0.15) is 11.4 Å². The van der Waals surface area contributed by atoms with Crippen molar-refractivity contribution in [3.05, 3.63) is 73.3 Å². The minimum Gasteiger partial charge on any atom is -0.373 e. The summed E-state index contributed by atoms with van der Waals surface area (Å²) in [6.45, 7) is 1.75. The van der Waals surface area contributed by atoms with Gasteiger partial charge in [-0.15, -0.1) is 0 Å². The van der Waals surface area contributed by atoms with Crippen LogP contribution in [0, 0.1) is 0 Å². The average molecular weight is 487 g/mol. The van der Waals surface area contributed by atoms with Crippen LogP contribution in [-0.2, 0) is 28.2 Å². The number of likely N-dealkylation sites (N-methyl/N-ethyl adjacent to an activating group) is 2. The van der Waals surface area contributed by atoms with E-state index in [2.05, 4.69) is 68.6 Å². The standard InChI is InChI=1S/C26H34N10/c1-31(23-11-7-21(8-12-23)27-29-25-33(3)17-18-34(25)4)15-16-32(2)24-13-9-22(10-14-24)28-30-26-35(5)19-20-36(26)6/h7-14,17-20H,15-16H2,1-6H3/q+2. The second-order valence-electron chi connectivity index (χ2n) is 8.92. The van der Waals surface area contributed by atoms with Crippen molar-refractivity contribution in [1.82, 2.24) is 9.13 Å². The molecule has 0 atom stereocenters. The summed E-state index contributed by atoms with van der Waals surface area (Å²) in [5, 5.41) is 17.5. The van der Waals surface area contributed by atoms with E-state index in [1.54, 1.807) is 0 Å². The minimum absolute atomic E-state index is 0.792. The predicted octanol–water partition coefficient (Wildman–Crippen LogP) is 4.42. The number of nitrogens with zero attached hydrogens (tertiary/aromatic N) is 10. The number of hydrogen-bond acceptors (Lipinski definition) is 6. The van der Waals surface area contributed by atoms with Gasteiger partial charge in [0.25, 0.3) is 0 Å². The van der Waals surface area contributed by atoms with Crippen LogP contribution in [0.1, 0.15) is 0 Å². The molecule has 0 radical (unpaired) electrons. The summed E-state index contributed by atoms with van der Waals surface area (Å²) >= 11 is 0. The second kappa shape index (κ2) is 10.9. The highest BCUT2D eigenvalue weighted by Gasteiger charge is 2.12. The zero-order valence-electron chi connectivity index (χ0n) is 21.8. The van der Waals surface area contributed by atoms with Crippen LogP contribution in [-0.4, -0.2) is 36.3 Å². The Labute approximate surface area is 212 Å². The Morgan fingerprint density at radius 3 is 1.28 bits per heavy atom. The van der Waals surface area contributed by atoms with Crippen molar-refractivity contribution in [2.24, 2.45) is 48.6 Å². The van der Waals surface area contributed by atoms with Gasteiger partial charge in [0, 0.05) is 48.8 Å². The Morgan fingerprint density at radius 1 is 0.611 bits per heavy atom. The monoisotopic (exact) mass is 486 g/mol. The highest BCUT2D eigenvalue weighted by molar-refractivity contribution is 5.54. The molecule has 0 aliphatic heterocycles. The van der Waals surface area contributed by atoms with Crippen LogP contribution in [0.4, 0.5) is 34.6 Å². The van der Waals surface area contributed by atoms with Crippen molar-refractivity contribution >= 4 is 34.6 Å². The summed E-state index contributed by atoms with van der Waals surface area (Å²) in [5.41, 5.74) is 3.92. The molecule has 2 aromatic carbocycles. The Balaban J connectivity index is 1.30. The molecule has 10 heteroatoms. The van der Waals surface area contributed by atoms with Gasteiger partial charge in [0.05, 0.1) is 53.0 Å². The number of aryl methyl sites for hydroxylation is 4. The average Bonchev–Trinajstić information content (AvgIpc) is 3.39. The van der Waals surface area contributed by atoms with Crippen LogP contribution < -0.4 is 18.9 Å². The normalized spacial score (nSPS) is 11.6. The molecule has 0 saturated carbocycles. The lowest BCUT2D eigenvalue weighted by Crippen LogP contribution is -2.30. The maximum Gasteiger partial charge on any atom is 0.421 e. The lowest BCUT2D eigenvalue weighted by atomic mass is 10.2. The first kappa shape index (κ1) is 24.8. The van der Waals surface area contributed by atoms with Gasteiger partial charge < -0.3 is 9.80 Å². The minimum atomic E-state index is 0.792. The van der Waals surface area contributed by atoms with E-state index in [1.807, 2.05) is 95.5 Å². The van der Waals surface area contributed by atoms with Gasteiger partial charge in [-0.05, 0) is 48.5 Å². The van der Waals surface area contributed by atoms with Crippen LogP contribution in [0.15, 0.2) is 93.8 Å². The van der Waals surface area contributed by atoms with Crippen molar-refractivity contribution in [2.45, 2.75) is 0 Å². The predicted molar refractivity (Wildman–Crippen MR) is 141 cm³/mol. The van der Waals surface area contributed by atoms with Gasteiger partial charge >= 0.3 is 11.9 Å². The highest BCUT2D eigenvalue weighted by atomic mass is 15.3. The molecule has 0 amide bonds. The third-order valence-electron chi connectivity index (χ3n) is 6.15. The molecule has 0 fully saturated rings. The van der Waals surface area contributed by atoms with Crippen molar-refractivity contribution in [2.75, 3.05) is 37.0 Å². The van der Waals surface area contributed by atoms with Gasteiger partial charge in [-0.3, -0.25) is 0 Å². The summed E-state index contributed by atoms with van der Waals surface area (Å²) in [5.74, 6) is 1.58. The molecule has 0 aliphatic rings. The molecule has 2 heterocycles. The van der Waals surface area contributed by atoms with Crippen LogP contribution in [0.2, 0.25) is 0 Å². The molecule has 2 aromatic heterocycles. The van der Waals surface area contributed by atoms with Gasteiger partial charge in [0.2, 0.25) is 0 Å². The van der Waals surface area contributed by atoms with E-state index in [0.29, 0.717) is 0 Å². The maximum atomic E-state index is 4.37. The van der Waals surface area contributed by atoms with E-state index in [0.717, 1.165) is 47.7 Å². The van der Waals surface area contributed by atoms with E-state index in [4.69, 9.17) is 0 Å². The number of hydrogen-bond donors (Lipinski definition) is 0. The summed E-state index contributed by atoms with van der Waals surface area (Å²) in [7, 11) is 12.0. The lowest BCUT2D eigenvalue weighted by molar-refractivity contribution is -0.657. The Kier molecular flexibility index (Phi) is 7.53. The third kappa shape index (κ3) is 5.83. The SMILES string of the molecule is CN(CCN(C)c1ccc(/N=N/c2n(C)cc[n+]2C)cc1)c1ccc(/N=N/c2n(C)cc[n+]2C)cc1. The molecule has 4 rings (SSSR count). The topological polar surface area (TPSA) is 73.5 Å². The zero-order valence-corrected chi connectivity index (χ0v) is 21.8. The first-order chi connectivity index (χ1) is 17.3. The first-order valence-corrected chi connectivity index (χ1v) is 11.8. The van der Waals surface area contributed by atoms with Gasteiger partial charge in [-0.1, -0.05) is 10.2 Å². The van der Waals surface area contributed by atoms with E-state index in [9.17, 15) is 0 Å². The van der Waals surface area contributed by atoms with Crippen LogP contribution in [0.5, 0.6) is 0 Å². The van der Waals surface area contributed by atoms with E-state index in [1.165, 1.54) is 0 Å². The van der Waals surface area contributed by atoms with Crippen molar-refractivity contribution in [3.8, 4) is 0 Å². The Bertz CT molecular complexity index is 1200. The van der Waals surface area contributed by atoms with Gasteiger partial charge in [-0.25, -0.2) is 18.3 Å². The number of rotatable bonds is 9. The van der Waals surface area contributed by atoms with E-state index < -0.39 is 0 Å². The van der Waals surface area contributed by atoms with Crippen molar-refractivity contribution in [1.29, 1.82) is 0 Å². The van der Waals surface area contributed by atoms with E-state index in [-0.39, 0.29) is 0 Å². The molecule has 186 valence electrons. The molecule has 10 nitrogen and oxygen atoms in total. The summed E-state index contributed by atoms with van der Waals surface area (Å²) in [6.07, 6.45) is 7.81. The summed E-state index contributed by atoms with van der Waals surface area (Å²) in [6, 6.07) is 16.3. The lowest BCUT2D eigenvalue weighted by Gasteiger charge is -2.25. The molecule has 0 unspecified atom stereocenters. The largest absolute Gasteiger partial charge is 0.421 e. The number of benzene rings is 2. The molecule has 0 bridgehead atoms. The van der Waals surface area contributed by atoms with E-state index >= 15 is 0 Å². The van der Waals surface area contributed by atoms with Crippen molar-refractivity contribution < 1.29 is 9.13 Å². The molecular formula is C26H34N10+2. The summed E-state index contributed by atoms with van der Waals surface area (Å²) in [4.78, 5) is 4.47. The quantitative estimate of drug-likeness (QED) is 0.260. The van der Waals surface area contributed by atoms with Gasteiger partial charge in [-0.2, -0.15) is 0 Å². The zero-order chi connectivity index (χ0) is 25.7. The number of aromatic nitrogens is 4. The maximum absolute atomic E-state index is 4.37. The number of anilines is 2. The molecule has 0 saturated heterocycles. The fraction of sp³-hybridized carbons (Fsp3) is 0.308. The second-order valence-corrected chi connectivity index (χ2v) is 8.92. The Morgan fingerprint density at radius 2 is 0.972 bits per heavy atom. The highest BCUT2D eigenvalue weighted by Crippen LogP contribution is 2.22. The number of azo groups is 2. The van der Waals surface area contributed by atoms with Crippen LogP contribution in [0.3, 0.4) is 0 Å². The molecule has 4 aromatic rings. The van der Waals surface area contributed by atoms with Crippen LogP contribution >= 0.6 is 0 Å². The smallest absolute Gasteiger partial charge is 0.373 e. The first-order valence-electron chi connectivity index (χ1n) is 11.8. The van der Waals surface area contributed by atoms with Gasteiger partial charge in [0.15, 0.2) is 0 Å². The number of imidazole rings is 2. The molecule has 0 aliphatic carbocycles. The Hall–Kier alpha value is -4.34.